The standard InChI is InChI=1S/C14H19N5O2/c1-14(2)5-4-6-15-11(14)13-18-12(19-21-13)9-7-10(20-3)17-8-16-9/h7-8,11,15H,4-6H2,1-3H3. The van der Waals surface area contributed by atoms with Gasteiger partial charge in [0.2, 0.25) is 17.6 Å². The highest BCUT2D eigenvalue weighted by Crippen LogP contribution is 2.39. The zero-order valence-electron chi connectivity index (χ0n) is 12.5. The lowest BCUT2D eigenvalue weighted by atomic mass is 9.77. The predicted molar refractivity (Wildman–Crippen MR) is 75.6 cm³/mol. The topological polar surface area (TPSA) is 86.0 Å². The Morgan fingerprint density at radius 2 is 2.24 bits per heavy atom. The summed E-state index contributed by atoms with van der Waals surface area (Å²) in [5.41, 5.74) is 0.677. The van der Waals surface area contributed by atoms with Crippen molar-refractivity contribution < 1.29 is 9.26 Å². The van der Waals surface area contributed by atoms with E-state index in [0.29, 0.717) is 23.3 Å². The fourth-order valence-electron chi connectivity index (χ4n) is 2.66. The van der Waals surface area contributed by atoms with E-state index in [1.165, 1.54) is 6.33 Å². The normalized spacial score (nSPS) is 21.2. The second kappa shape index (κ2) is 5.40. The SMILES string of the molecule is COc1cc(-c2noc(C3NCCCC3(C)C)n2)ncn1. The lowest BCUT2D eigenvalue weighted by Gasteiger charge is -2.36. The van der Waals surface area contributed by atoms with E-state index in [0.717, 1.165) is 19.4 Å². The summed E-state index contributed by atoms with van der Waals surface area (Å²) in [7, 11) is 1.56. The molecule has 3 heterocycles. The number of methoxy groups -OCH3 is 1. The summed E-state index contributed by atoms with van der Waals surface area (Å²) in [6.07, 6.45) is 3.71. The van der Waals surface area contributed by atoms with Gasteiger partial charge in [-0.1, -0.05) is 19.0 Å². The van der Waals surface area contributed by atoms with Crippen molar-refractivity contribution in [2.24, 2.45) is 5.41 Å². The van der Waals surface area contributed by atoms with Gasteiger partial charge in [-0.2, -0.15) is 4.98 Å². The number of nitrogens with one attached hydrogen (secondary N) is 1. The van der Waals surface area contributed by atoms with Gasteiger partial charge in [0.05, 0.1) is 13.2 Å². The maximum Gasteiger partial charge on any atom is 0.244 e. The molecular weight excluding hydrogens is 270 g/mol. The molecule has 2 aromatic heterocycles. The molecule has 0 saturated carbocycles. The number of aromatic nitrogens is 4. The van der Waals surface area contributed by atoms with Crippen molar-refractivity contribution in [3.05, 3.63) is 18.3 Å². The Morgan fingerprint density at radius 1 is 1.38 bits per heavy atom. The third-order valence-corrected chi connectivity index (χ3v) is 3.90. The molecule has 21 heavy (non-hydrogen) atoms. The third-order valence-electron chi connectivity index (χ3n) is 3.90. The summed E-state index contributed by atoms with van der Waals surface area (Å²) < 4.78 is 10.5. The van der Waals surface area contributed by atoms with Crippen molar-refractivity contribution in [3.8, 4) is 17.4 Å². The summed E-state index contributed by atoms with van der Waals surface area (Å²) in [6, 6.07) is 1.75. The molecule has 0 aliphatic carbocycles. The molecule has 0 aromatic carbocycles. The van der Waals surface area contributed by atoms with E-state index in [1.54, 1.807) is 13.2 Å². The average Bonchev–Trinajstić information content (AvgIpc) is 2.96. The molecule has 112 valence electrons. The van der Waals surface area contributed by atoms with Crippen molar-refractivity contribution in [1.82, 2.24) is 25.4 Å². The first-order valence-electron chi connectivity index (χ1n) is 7.03. The quantitative estimate of drug-likeness (QED) is 0.924. The van der Waals surface area contributed by atoms with Crippen LogP contribution >= 0.6 is 0 Å². The Morgan fingerprint density at radius 3 is 3.00 bits per heavy atom. The van der Waals surface area contributed by atoms with Crippen LogP contribution in [0.4, 0.5) is 0 Å². The Hall–Kier alpha value is -2.02. The highest BCUT2D eigenvalue weighted by molar-refractivity contribution is 5.49. The largest absolute Gasteiger partial charge is 0.481 e. The molecule has 1 aliphatic rings. The number of hydrogen-bond donors (Lipinski definition) is 1. The minimum absolute atomic E-state index is 0.0660. The van der Waals surface area contributed by atoms with E-state index < -0.39 is 0 Å². The van der Waals surface area contributed by atoms with Crippen LogP contribution < -0.4 is 10.1 Å². The molecule has 7 heteroatoms. The van der Waals surface area contributed by atoms with Crippen molar-refractivity contribution in [3.63, 3.8) is 0 Å². The number of nitrogens with zero attached hydrogens (tertiary/aromatic N) is 4. The van der Waals surface area contributed by atoms with Crippen molar-refractivity contribution in [2.75, 3.05) is 13.7 Å². The smallest absolute Gasteiger partial charge is 0.244 e. The molecule has 0 spiro atoms. The molecule has 7 nitrogen and oxygen atoms in total. The minimum atomic E-state index is 0.0660. The summed E-state index contributed by atoms with van der Waals surface area (Å²) in [5.74, 6) is 1.53. The molecule has 1 unspecified atom stereocenters. The van der Waals surface area contributed by atoms with Crippen LogP contribution in [0, 0.1) is 5.41 Å². The van der Waals surface area contributed by atoms with Gasteiger partial charge in [0, 0.05) is 6.07 Å². The summed E-state index contributed by atoms with van der Waals surface area (Å²) in [5, 5.41) is 7.49. The Bertz CT molecular complexity index is 625. The molecule has 1 N–H and O–H groups in total. The van der Waals surface area contributed by atoms with Crippen LogP contribution in [0.1, 0.15) is 38.6 Å². The predicted octanol–water partition coefficient (Wildman–Crippen LogP) is 1.99. The van der Waals surface area contributed by atoms with Gasteiger partial charge in [0.1, 0.15) is 12.0 Å². The van der Waals surface area contributed by atoms with Gasteiger partial charge in [-0.25, -0.2) is 9.97 Å². The number of rotatable bonds is 3. The van der Waals surface area contributed by atoms with Gasteiger partial charge in [-0.15, -0.1) is 0 Å². The Kier molecular flexibility index (Phi) is 3.59. The van der Waals surface area contributed by atoms with Gasteiger partial charge < -0.3 is 14.6 Å². The third kappa shape index (κ3) is 2.73. The zero-order chi connectivity index (χ0) is 14.9. The lowest BCUT2D eigenvalue weighted by molar-refractivity contribution is 0.146. The summed E-state index contributed by atoms with van der Waals surface area (Å²) in [4.78, 5) is 12.6. The Balaban J connectivity index is 1.89. The van der Waals surface area contributed by atoms with E-state index in [9.17, 15) is 0 Å². The van der Waals surface area contributed by atoms with Gasteiger partial charge in [0.25, 0.3) is 0 Å². The van der Waals surface area contributed by atoms with E-state index in [4.69, 9.17) is 9.26 Å². The van der Waals surface area contributed by atoms with Gasteiger partial charge >= 0.3 is 0 Å². The van der Waals surface area contributed by atoms with Crippen LogP contribution in [0.15, 0.2) is 16.9 Å². The van der Waals surface area contributed by atoms with Crippen molar-refractivity contribution in [1.29, 1.82) is 0 Å². The van der Waals surface area contributed by atoms with Crippen LogP contribution in [-0.4, -0.2) is 33.8 Å². The number of ether oxygens (including phenoxy) is 1. The van der Waals surface area contributed by atoms with Crippen LogP contribution in [-0.2, 0) is 0 Å². The summed E-state index contributed by atoms with van der Waals surface area (Å²) >= 11 is 0. The molecule has 0 radical (unpaired) electrons. The fourth-order valence-corrected chi connectivity index (χ4v) is 2.66. The molecular formula is C14H19N5O2. The van der Waals surface area contributed by atoms with Crippen LogP contribution in [0.2, 0.25) is 0 Å². The number of piperidine rings is 1. The average molecular weight is 289 g/mol. The first-order chi connectivity index (χ1) is 10.1. The fraction of sp³-hybridized carbons (Fsp3) is 0.571. The van der Waals surface area contributed by atoms with E-state index in [-0.39, 0.29) is 11.5 Å². The highest BCUT2D eigenvalue weighted by Gasteiger charge is 2.37. The van der Waals surface area contributed by atoms with Crippen LogP contribution in [0.5, 0.6) is 5.88 Å². The molecule has 1 aliphatic heterocycles. The first kappa shape index (κ1) is 13.9. The van der Waals surface area contributed by atoms with Gasteiger partial charge in [-0.3, -0.25) is 0 Å². The van der Waals surface area contributed by atoms with E-state index in [2.05, 4.69) is 39.3 Å². The van der Waals surface area contributed by atoms with Crippen molar-refractivity contribution in [2.45, 2.75) is 32.7 Å². The van der Waals surface area contributed by atoms with Gasteiger partial charge in [0.15, 0.2) is 0 Å². The molecule has 0 amide bonds. The maximum absolute atomic E-state index is 5.44. The lowest BCUT2D eigenvalue weighted by Crippen LogP contribution is -2.39. The zero-order valence-corrected chi connectivity index (χ0v) is 12.5. The molecule has 3 rings (SSSR count). The van der Waals surface area contributed by atoms with E-state index in [1.807, 2.05) is 0 Å². The second-order valence-corrected chi connectivity index (χ2v) is 5.88. The summed E-state index contributed by atoms with van der Waals surface area (Å²) in [6.45, 7) is 5.38. The second-order valence-electron chi connectivity index (χ2n) is 5.88. The molecule has 1 atom stereocenters. The van der Waals surface area contributed by atoms with E-state index >= 15 is 0 Å². The van der Waals surface area contributed by atoms with Crippen LogP contribution in [0.25, 0.3) is 11.5 Å². The van der Waals surface area contributed by atoms with Crippen molar-refractivity contribution >= 4 is 0 Å². The minimum Gasteiger partial charge on any atom is -0.481 e. The first-order valence-corrected chi connectivity index (χ1v) is 7.03. The number of hydrogen-bond acceptors (Lipinski definition) is 7. The van der Waals surface area contributed by atoms with Crippen LogP contribution in [0.3, 0.4) is 0 Å². The maximum atomic E-state index is 5.44. The Labute approximate surface area is 123 Å². The molecule has 1 fully saturated rings. The highest BCUT2D eigenvalue weighted by atomic mass is 16.5. The molecule has 2 aromatic rings. The monoisotopic (exact) mass is 289 g/mol. The van der Waals surface area contributed by atoms with Gasteiger partial charge in [-0.05, 0) is 24.8 Å². The molecule has 1 saturated heterocycles. The molecule has 0 bridgehead atoms.